The van der Waals surface area contributed by atoms with Crippen molar-refractivity contribution >= 4 is 17.4 Å². The predicted molar refractivity (Wildman–Crippen MR) is 59.1 cm³/mol. The van der Waals surface area contributed by atoms with Crippen molar-refractivity contribution in [2.75, 3.05) is 25.1 Å². The third-order valence-corrected chi connectivity index (χ3v) is 2.80. The zero-order valence-electron chi connectivity index (χ0n) is 8.45. The van der Waals surface area contributed by atoms with Crippen LogP contribution in [0.25, 0.3) is 0 Å². The summed E-state index contributed by atoms with van der Waals surface area (Å²) < 4.78 is 5.30. The molecule has 0 amide bonds. The van der Waals surface area contributed by atoms with Crippen molar-refractivity contribution in [2.24, 2.45) is 5.92 Å². The minimum absolute atomic E-state index is 0.431. The number of ether oxygens (including phenoxy) is 1. The highest BCUT2D eigenvalue weighted by atomic mass is 35.5. The first-order valence-electron chi connectivity index (χ1n) is 5.14. The lowest BCUT2D eigenvalue weighted by Crippen LogP contribution is -2.10. The number of rotatable bonds is 4. The quantitative estimate of drug-likeness (QED) is 0.855. The van der Waals surface area contributed by atoms with Crippen LogP contribution in [-0.2, 0) is 4.74 Å². The van der Waals surface area contributed by atoms with Gasteiger partial charge in [-0.2, -0.15) is 0 Å². The Labute approximate surface area is 94.0 Å². The molecule has 0 spiro atoms. The third kappa shape index (κ3) is 3.04. The molecular formula is C10H14ClN3O. The van der Waals surface area contributed by atoms with Gasteiger partial charge in [-0.3, -0.25) is 0 Å². The molecule has 0 aliphatic carbocycles. The first kappa shape index (κ1) is 10.6. The van der Waals surface area contributed by atoms with E-state index in [0.717, 1.165) is 32.6 Å². The average molecular weight is 228 g/mol. The van der Waals surface area contributed by atoms with Gasteiger partial charge >= 0.3 is 0 Å². The second kappa shape index (κ2) is 5.28. The fourth-order valence-electron chi connectivity index (χ4n) is 1.65. The van der Waals surface area contributed by atoms with Crippen molar-refractivity contribution in [3.05, 3.63) is 17.5 Å². The van der Waals surface area contributed by atoms with E-state index in [9.17, 15) is 0 Å². The Bertz CT molecular complexity index is 315. The lowest BCUT2D eigenvalue weighted by molar-refractivity contribution is 0.185. The Hall–Kier alpha value is -0.870. The lowest BCUT2D eigenvalue weighted by atomic mass is 10.1. The standard InChI is InChI=1S/C10H14ClN3O/c11-9-10(14-5-4-12-9)13-3-1-8-2-6-15-7-8/h4-5,8H,1-3,6-7H2,(H,13,14). The highest BCUT2D eigenvalue weighted by molar-refractivity contribution is 6.31. The van der Waals surface area contributed by atoms with Gasteiger partial charge in [0.2, 0.25) is 0 Å². The summed E-state index contributed by atoms with van der Waals surface area (Å²) in [6.45, 7) is 2.65. The van der Waals surface area contributed by atoms with Crippen LogP contribution in [0.4, 0.5) is 5.82 Å². The molecular weight excluding hydrogens is 214 g/mol. The fraction of sp³-hybridized carbons (Fsp3) is 0.600. The van der Waals surface area contributed by atoms with Crippen LogP contribution in [0.2, 0.25) is 5.15 Å². The van der Waals surface area contributed by atoms with Gasteiger partial charge in [0.15, 0.2) is 11.0 Å². The molecule has 1 aromatic heterocycles. The van der Waals surface area contributed by atoms with Crippen LogP contribution >= 0.6 is 11.6 Å². The SMILES string of the molecule is Clc1nccnc1NCCC1CCOC1. The zero-order chi connectivity index (χ0) is 10.5. The van der Waals surface area contributed by atoms with Gasteiger partial charge in [0.1, 0.15) is 0 Å². The minimum Gasteiger partial charge on any atom is -0.381 e. The summed E-state index contributed by atoms with van der Waals surface area (Å²) in [5.41, 5.74) is 0. The van der Waals surface area contributed by atoms with Gasteiger partial charge in [0.05, 0.1) is 0 Å². The van der Waals surface area contributed by atoms with Gasteiger partial charge in [-0.15, -0.1) is 0 Å². The Balaban J connectivity index is 1.75. The summed E-state index contributed by atoms with van der Waals surface area (Å²) in [7, 11) is 0. The molecule has 0 saturated carbocycles. The highest BCUT2D eigenvalue weighted by Crippen LogP contribution is 2.18. The molecule has 15 heavy (non-hydrogen) atoms. The summed E-state index contributed by atoms with van der Waals surface area (Å²) in [4.78, 5) is 8.05. The number of aromatic nitrogens is 2. The number of hydrogen-bond acceptors (Lipinski definition) is 4. The Kier molecular flexibility index (Phi) is 3.75. The monoisotopic (exact) mass is 227 g/mol. The van der Waals surface area contributed by atoms with E-state index in [1.165, 1.54) is 0 Å². The predicted octanol–water partition coefficient (Wildman–Crippen LogP) is 1.97. The number of nitrogens with one attached hydrogen (secondary N) is 1. The Morgan fingerprint density at radius 2 is 2.33 bits per heavy atom. The smallest absolute Gasteiger partial charge is 0.171 e. The van der Waals surface area contributed by atoms with Crippen LogP contribution in [-0.4, -0.2) is 29.7 Å². The van der Waals surface area contributed by atoms with E-state index in [1.54, 1.807) is 12.4 Å². The van der Waals surface area contributed by atoms with Crippen molar-refractivity contribution in [1.29, 1.82) is 0 Å². The molecule has 0 bridgehead atoms. The Morgan fingerprint density at radius 3 is 3.07 bits per heavy atom. The first-order chi connectivity index (χ1) is 7.36. The van der Waals surface area contributed by atoms with Gasteiger partial charge < -0.3 is 10.1 Å². The summed E-state index contributed by atoms with van der Waals surface area (Å²) in [6.07, 6.45) is 5.47. The average Bonchev–Trinajstić information content (AvgIpc) is 2.74. The topological polar surface area (TPSA) is 47.0 Å². The van der Waals surface area contributed by atoms with Crippen molar-refractivity contribution in [2.45, 2.75) is 12.8 Å². The normalized spacial score (nSPS) is 20.5. The maximum Gasteiger partial charge on any atom is 0.171 e. The maximum absolute atomic E-state index is 5.86. The number of hydrogen-bond donors (Lipinski definition) is 1. The largest absolute Gasteiger partial charge is 0.381 e. The highest BCUT2D eigenvalue weighted by Gasteiger charge is 2.14. The summed E-state index contributed by atoms with van der Waals surface area (Å²) >= 11 is 5.86. The fourth-order valence-corrected chi connectivity index (χ4v) is 1.82. The van der Waals surface area contributed by atoms with E-state index in [0.29, 0.717) is 16.9 Å². The van der Waals surface area contributed by atoms with Crippen LogP contribution < -0.4 is 5.32 Å². The van der Waals surface area contributed by atoms with E-state index in [-0.39, 0.29) is 0 Å². The molecule has 4 nitrogen and oxygen atoms in total. The van der Waals surface area contributed by atoms with E-state index < -0.39 is 0 Å². The van der Waals surface area contributed by atoms with Gasteiger partial charge in [0.25, 0.3) is 0 Å². The zero-order valence-corrected chi connectivity index (χ0v) is 9.20. The van der Waals surface area contributed by atoms with Gasteiger partial charge in [0, 0.05) is 32.2 Å². The van der Waals surface area contributed by atoms with Crippen LogP contribution in [0.3, 0.4) is 0 Å². The third-order valence-electron chi connectivity index (χ3n) is 2.52. The molecule has 1 aliphatic rings. The van der Waals surface area contributed by atoms with Crippen LogP contribution in [0.1, 0.15) is 12.8 Å². The van der Waals surface area contributed by atoms with Gasteiger partial charge in [-0.1, -0.05) is 11.6 Å². The molecule has 1 atom stereocenters. The molecule has 1 N–H and O–H groups in total. The van der Waals surface area contributed by atoms with Crippen LogP contribution in [0, 0.1) is 5.92 Å². The first-order valence-corrected chi connectivity index (χ1v) is 5.52. The summed E-state index contributed by atoms with van der Waals surface area (Å²) in [5, 5.41) is 3.61. The van der Waals surface area contributed by atoms with E-state index in [4.69, 9.17) is 16.3 Å². The van der Waals surface area contributed by atoms with Crippen LogP contribution in [0.15, 0.2) is 12.4 Å². The van der Waals surface area contributed by atoms with Gasteiger partial charge in [-0.25, -0.2) is 9.97 Å². The molecule has 5 heteroatoms. The van der Waals surface area contributed by atoms with E-state index in [2.05, 4.69) is 15.3 Å². The molecule has 1 saturated heterocycles. The number of anilines is 1. The maximum atomic E-state index is 5.86. The van der Waals surface area contributed by atoms with E-state index in [1.807, 2.05) is 0 Å². The molecule has 1 aliphatic heterocycles. The second-order valence-corrected chi connectivity index (χ2v) is 4.00. The number of halogens is 1. The van der Waals surface area contributed by atoms with Gasteiger partial charge in [-0.05, 0) is 18.8 Å². The van der Waals surface area contributed by atoms with Crippen molar-refractivity contribution in [3.63, 3.8) is 0 Å². The summed E-state index contributed by atoms with van der Waals surface area (Å²) in [5.74, 6) is 1.34. The minimum atomic E-state index is 0.431. The van der Waals surface area contributed by atoms with Crippen molar-refractivity contribution in [3.8, 4) is 0 Å². The molecule has 2 heterocycles. The second-order valence-electron chi connectivity index (χ2n) is 3.64. The Morgan fingerprint density at radius 1 is 1.47 bits per heavy atom. The molecule has 2 rings (SSSR count). The molecule has 1 fully saturated rings. The lowest BCUT2D eigenvalue weighted by Gasteiger charge is -2.09. The van der Waals surface area contributed by atoms with Crippen molar-refractivity contribution in [1.82, 2.24) is 9.97 Å². The molecule has 82 valence electrons. The van der Waals surface area contributed by atoms with Crippen LogP contribution in [0.5, 0.6) is 0 Å². The summed E-state index contributed by atoms with van der Waals surface area (Å²) in [6, 6.07) is 0. The van der Waals surface area contributed by atoms with E-state index >= 15 is 0 Å². The van der Waals surface area contributed by atoms with Crippen molar-refractivity contribution < 1.29 is 4.74 Å². The molecule has 1 aromatic rings. The molecule has 0 aromatic carbocycles. The molecule has 1 unspecified atom stereocenters. The number of nitrogens with zero attached hydrogens (tertiary/aromatic N) is 2. The molecule has 0 radical (unpaired) electrons.